The Bertz CT molecular complexity index is 365. The zero-order valence-electron chi connectivity index (χ0n) is 10.8. The zero-order valence-corrected chi connectivity index (χ0v) is 11.6. The van der Waals surface area contributed by atoms with Gasteiger partial charge in [-0.15, -0.1) is 11.8 Å². The van der Waals surface area contributed by atoms with E-state index in [1.807, 2.05) is 6.92 Å². The van der Waals surface area contributed by atoms with Gasteiger partial charge in [-0.2, -0.15) is 0 Å². The fourth-order valence-corrected chi connectivity index (χ4v) is 2.35. The summed E-state index contributed by atoms with van der Waals surface area (Å²) in [5, 5.41) is 2.94. The Balaban J connectivity index is 2.37. The molecule has 1 N–H and O–H groups in total. The number of amides is 1. The summed E-state index contributed by atoms with van der Waals surface area (Å²) in [6.45, 7) is 6.88. The van der Waals surface area contributed by atoms with E-state index in [2.05, 4.69) is 43.4 Å². The van der Waals surface area contributed by atoms with Crippen molar-refractivity contribution < 1.29 is 4.79 Å². The number of nitrogens with one attached hydrogen (secondary N) is 1. The third kappa shape index (κ3) is 5.26. The molecule has 1 unspecified atom stereocenters. The minimum absolute atomic E-state index is 0.0158. The highest BCUT2D eigenvalue weighted by Crippen LogP contribution is 2.18. The number of carbonyl (C=O) groups is 1. The maximum Gasteiger partial charge on any atom is 0.232 e. The number of rotatable bonds is 6. The number of aryl methyl sites for hydroxylation is 1. The van der Waals surface area contributed by atoms with Crippen LogP contribution in [-0.2, 0) is 10.5 Å². The quantitative estimate of drug-likeness (QED) is 0.841. The lowest BCUT2D eigenvalue weighted by molar-refractivity contribution is -0.120. The summed E-state index contributed by atoms with van der Waals surface area (Å²) < 4.78 is 0. The van der Waals surface area contributed by atoms with E-state index in [9.17, 15) is 4.79 Å². The monoisotopic (exact) mass is 251 g/mol. The van der Waals surface area contributed by atoms with Crippen LogP contribution in [0.5, 0.6) is 0 Å². The average molecular weight is 251 g/mol. The number of carbonyl (C=O) groups excluding carboxylic acids is 1. The predicted octanol–water partition coefficient (Wildman–Crippen LogP) is 3.14. The van der Waals surface area contributed by atoms with E-state index in [4.69, 9.17) is 0 Å². The van der Waals surface area contributed by atoms with Crippen LogP contribution in [0.1, 0.15) is 31.4 Å². The molecule has 1 rings (SSSR count). The van der Waals surface area contributed by atoms with Gasteiger partial charge in [0.25, 0.3) is 0 Å². The van der Waals surface area contributed by atoms with Crippen molar-refractivity contribution in [3.05, 3.63) is 35.4 Å². The molecule has 17 heavy (non-hydrogen) atoms. The van der Waals surface area contributed by atoms with Gasteiger partial charge < -0.3 is 5.32 Å². The van der Waals surface area contributed by atoms with Gasteiger partial charge in [0.2, 0.25) is 5.91 Å². The van der Waals surface area contributed by atoms with Crippen LogP contribution in [0.4, 0.5) is 0 Å². The summed E-state index contributed by atoms with van der Waals surface area (Å²) in [5.74, 6) is 1.03. The van der Waals surface area contributed by atoms with Crippen LogP contribution >= 0.6 is 11.8 Å². The molecule has 1 amide bonds. The Kier molecular flexibility index (Phi) is 6.12. The summed E-state index contributed by atoms with van der Waals surface area (Å²) in [5.41, 5.74) is 2.55. The molecule has 0 heterocycles. The molecule has 0 aliphatic carbocycles. The first-order valence-electron chi connectivity index (χ1n) is 6.08. The fraction of sp³-hybridized carbons (Fsp3) is 0.500. The number of hydrogen-bond acceptors (Lipinski definition) is 2. The number of hydrogen-bond donors (Lipinski definition) is 1. The second-order valence-corrected chi connectivity index (χ2v) is 5.56. The van der Waals surface area contributed by atoms with Crippen LogP contribution in [0.15, 0.2) is 24.3 Å². The van der Waals surface area contributed by atoms with Crippen molar-refractivity contribution in [2.75, 3.05) is 6.54 Å². The van der Waals surface area contributed by atoms with Gasteiger partial charge in [0.05, 0.1) is 5.25 Å². The Morgan fingerprint density at radius 3 is 2.88 bits per heavy atom. The average Bonchev–Trinajstić information content (AvgIpc) is 2.33. The third-order valence-corrected chi connectivity index (χ3v) is 3.72. The summed E-state index contributed by atoms with van der Waals surface area (Å²) in [6.07, 6.45) is 0.987. The second-order valence-electron chi connectivity index (χ2n) is 4.23. The van der Waals surface area contributed by atoms with Crippen LogP contribution in [0.25, 0.3) is 0 Å². The van der Waals surface area contributed by atoms with Crippen LogP contribution < -0.4 is 5.32 Å². The predicted molar refractivity (Wildman–Crippen MR) is 75.2 cm³/mol. The van der Waals surface area contributed by atoms with Gasteiger partial charge in [-0.3, -0.25) is 4.79 Å². The minimum atomic E-state index is 0.0158. The Hall–Kier alpha value is -0.960. The van der Waals surface area contributed by atoms with Crippen LogP contribution in [0.2, 0.25) is 0 Å². The van der Waals surface area contributed by atoms with Crippen molar-refractivity contribution >= 4 is 17.7 Å². The molecule has 3 heteroatoms. The van der Waals surface area contributed by atoms with Crippen molar-refractivity contribution in [2.45, 2.75) is 38.2 Å². The SMILES string of the molecule is CCCNC(=O)C(C)SCc1cccc(C)c1. The molecular weight excluding hydrogens is 230 g/mol. The third-order valence-electron chi connectivity index (χ3n) is 2.50. The first-order chi connectivity index (χ1) is 8.13. The van der Waals surface area contributed by atoms with Crippen LogP contribution in [-0.4, -0.2) is 17.7 Å². The largest absolute Gasteiger partial charge is 0.355 e. The summed E-state index contributed by atoms with van der Waals surface area (Å²) in [6, 6.07) is 8.43. The standard InChI is InChI=1S/C14H21NOS/c1-4-8-15-14(16)12(3)17-10-13-7-5-6-11(2)9-13/h5-7,9,12H,4,8,10H2,1-3H3,(H,15,16). The van der Waals surface area contributed by atoms with Crippen molar-refractivity contribution in [1.29, 1.82) is 0 Å². The summed E-state index contributed by atoms with van der Waals surface area (Å²) >= 11 is 1.68. The molecule has 94 valence electrons. The van der Waals surface area contributed by atoms with Crippen molar-refractivity contribution in [3.8, 4) is 0 Å². The fourth-order valence-electron chi connectivity index (χ4n) is 1.49. The lowest BCUT2D eigenvalue weighted by atomic mass is 10.2. The highest BCUT2D eigenvalue weighted by atomic mass is 32.2. The summed E-state index contributed by atoms with van der Waals surface area (Å²) in [7, 11) is 0. The first-order valence-corrected chi connectivity index (χ1v) is 7.13. The van der Waals surface area contributed by atoms with E-state index in [-0.39, 0.29) is 11.2 Å². The maximum atomic E-state index is 11.7. The first kappa shape index (κ1) is 14.1. The Labute approximate surface area is 108 Å². The van der Waals surface area contributed by atoms with Crippen LogP contribution in [0, 0.1) is 6.92 Å². The van der Waals surface area contributed by atoms with E-state index in [0.29, 0.717) is 0 Å². The lowest BCUT2D eigenvalue weighted by Crippen LogP contribution is -2.31. The van der Waals surface area contributed by atoms with Gasteiger partial charge in [0, 0.05) is 12.3 Å². The molecule has 0 aromatic heterocycles. The van der Waals surface area contributed by atoms with E-state index in [1.165, 1.54) is 11.1 Å². The van der Waals surface area contributed by atoms with Crippen molar-refractivity contribution in [1.82, 2.24) is 5.32 Å². The molecule has 0 saturated carbocycles. The lowest BCUT2D eigenvalue weighted by Gasteiger charge is -2.11. The van der Waals surface area contributed by atoms with E-state index >= 15 is 0 Å². The van der Waals surface area contributed by atoms with Gasteiger partial charge in [0.15, 0.2) is 0 Å². The molecule has 0 spiro atoms. The molecule has 1 aromatic carbocycles. The van der Waals surface area contributed by atoms with Crippen molar-refractivity contribution in [2.24, 2.45) is 0 Å². The maximum absolute atomic E-state index is 11.7. The van der Waals surface area contributed by atoms with Crippen molar-refractivity contribution in [3.63, 3.8) is 0 Å². The molecule has 1 atom stereocenters. The number of benzene rings is 1. The summed E-state index contributed by atoms with van der Waals surface area (Å²) in [4.78, 5) is 11.7. The molecular formula is C14H21NOS. The molecule has 0 radical (unpaired) electrons. The highest BCUT2D eigenvalue weighted by molar-refractivity contribution is 7.99. The molecule has 0 saturated heterocycles. The van der Waals surface area contributed by atoms with Gasteiger partial charge >= 0.3 is 0 Å². The van der Waals surface area contributed by atoms with E-state index < -0.39 is 0 Å². The number of thioether (sulfide) groups is 1. The topological polar surface area (TPSA) is 29.1 Å². The minimum Gasteiger partial charge on any atom is -0.355 e. The second kappa shape index (κ2) is 7.38. The van der Waals surface area contributed by atoms with Crippen LogP contribution in [0.3, 0.4) is 0 Å². The molecule has 0 aliphatic heterocycles. The zero-order chi connectivity index (χ0) is 12.7. The Morgan fingerprint density at radius 2 is 2.24 bits per heavy atom. The molecule has 2 nitrogen and oxygen atoms in total. The highest BCUT2D eigenvalue weighted by Gasteiger charge is 2.12. The normalized spacial score (nSPS) is 12.2. The van der Waals surface area contributed by atoms with Gasteiger partial charge in [-0.05, 0) is 25.8 Å². The Morgan fingerprint density at radius 1 is 1.47 bits per heavy atom. The molecule has 0 fully saturated rings. The smallest absolute Gasteiger partial charge is 0.232 e. The van der Waals surface area contributed by atoms with Gasteiger partial charge in [-0.1, -0.05) is 36.8 Å². The van der Waals surface area contributed by atoms with Gasteiger partial charge in [0.1, 0.15) is 0 Å². The molecule has 1 aromatic rings. The molecule has 0 aliphatic rings. The van der Waals surface area contributed by atoms with E-state index in [1.54, 1.807) is 11.8 Å². The van der Waals surface area contributed by atoms with E-state index in [0.717, 1.165) is 18.7 Å². The van der Waals surface area contributed by atoms with Gasteiger partial charge in [-0.25, -0.2) is 0 Å². The molecule has 0 bridgehead atoms.